The summed E-state index contributed by atoms with van der Waals surface area (Å²) in [4.78, 5) is 22.5. The van der Waals surface area contributed by atoms with E-state index in [-0.39, 0.29) is 23.2 Å². The van der Waals surface area contributed by atoms with E-state index in [0.29, 0.717) is 12.2 Å². The first-order valence-electron chi connectivity index (χ1n) is 8.20. The molecular formula is C17H21N5O3S. The van der Waals surface area contributed by atoms with Crippen LogP contribution in [0.25, 0.3) is 0 Å². The molecule has 0 bridgehead atoms. The van der Waals surface area contributed by atoms with Crippen LogP contribution >= 0.6 is 0 Å². The van der Waals surface area contributed by atoms with Crippen LogP contribution in [-0.4, -0.2) is 55.9 Å². The molecule has 1 aromatic carbocycles. The van der Waals surface area contributed by atoms with Gasteiger partial charge in [-0.05, 0) is 30.7 Å². The summed E-state index contributed by atoms with van der Waals surface area (Å²) in [6, 6.07) is 7.46. The zero-order chi connectivity index (χ0) is 18.7. The number of carbonyl (C=O) groups excluding carboxylic acids is 1. The molecule has 0 radical (unpaired) electrons. The molecule has 138 valence electrons. The lowest BCUT2D eigenvalue weighted by Crippen LogP contribution is -2.36. The number of hydrogen-bond acceptors (Lipinski definition) is 7. The van der Waals surface area contributed by atoms with Crippen molar-refractivity contribution in [3.63, 3.8) is 0 Å². The number of nitrogens with zero attached hydrogens (tertiary/aromatic N) is 3. The van der Waals surface area contributed by atoms with Crippen LogP contribution in [0, 0.1) is 0 Å². The van der Waals surface area contributed by atoms with E-state index in [4.69, 9.17) is 0 Å². The van der Waals surface area contributed by atoms with Crippen LogP contribution in [0.5, 0.6) is 0 Å². The van der Waals surface area contributed by atoms with Gasteiger partial charge in [0.1, 0.15) is 11.5 Å². The topological polar surface area (TPSA) is 104 Å². The van der Waals surface area contributed by atoms with Crippen molar-refractivity contribution >= 4 is 32.9 Å². The van der Waals surface area contributed by atoms with Gasteiger partial charge in [0.2, 0.25) is 0 Å². The highest BCUT2D eigenvalue weighted by Gasteiger charge is 2.29. The summed E-state index contributed by atoms with van der Waals surface area (Å²) in [7, 11) is 0.905. The smallest absolute Gasteiger partial charge is 0.271 e. The number of sulfone groups is 1. The Hall–Kier alpha value is -2.68. The second kappa shape index (κ2) is 7.28. The summed E-state index contributed by atoms with van der Waals surface area (Å²) < 4.78 is 22.9. The molecule has 1 amide bonds. The van der Waals surface area contributed by atoms with E-state index in [2.05, 4.69) is 20.6 Å². The number of nitrogens with one attached hydrogen (secondary N) is 2. The number of aromatic nitrogens is 2. The summed E-state index contributed by atoms with van der Waals surface area (Å²) >= 11 is 0. The average molecular weight is 375 g/mol. The molecule has 0 spiro atoms. The maximum Gasteiger partial charge on any atom is 0.271 e. The highest BCUT2D eigenvalue weighted by molar-refractivity contribution is 7.91. The lowest BCUT2D eigenvalue weighted by atomic mass is 10.2. The number of amides is 1. The minimum absolute atomic E-state index is 0.0191. The lowest BCUT2D eigenvalue weighted by molar-refractivity contribution is 0.0935. The standard InChI is InChI=1S/C17H21N5O3S/c1-22(2)14-5-3-12(4-6-14)20-16-10-18-15(9-19-16)17(23)21-13-7-8-26(24,25)11-13/h3-6,9-10,13H,7-8,11H2,1-2H3,(H,19,20)(H,21,23). The fourth-order valence-electron chi connectivity index (χ4n) is 2.67. The largest absolute Gasteiger partial charge is 0.378 e. The molecule has 2 aromatic rings. The van der Waals surface area contributed by atoms with Crippen LogP contribution in [0.3, 0.4) is 0 Å². The van der Waals surface area contributed by atoms with Gasteiger partial charge in [-0.2, -0.15) is 0 Å². The van der Waals surface area contributed by atoms with Gasteiger partial charge < -0.3 is 15.5 Å². The molecule has 2 heterocycles. The van der Waals surface area contributed by atoms with Crippen LogP contribution in [0.1, 0.15) is 16.9 Å². The third kappa shape index (κ3) is 4.48. The highest BCUT2D eigenvalue weighted by Crippen LogP contribution is 2.18. The van der Waals surface area contributed by atoms with E-state index in [1.807, 2.05) is 43.3 Å². The van der Waals surface area contributed by atoms with E-state index >= 15 is 0 Å². The minimum Gasteiger partial charge on any atom is -0.378 e. The minimum atomic E-state index is -3.04. The van der Waals surface area contributed by atoms with Crippen molar-refractivity contribution in [1.82, 2.24) is 15.3 Å². The van der Waals surface area contributed by atoms with E-state index in [0.717, 1.165) is 11.4 Å². The van der Waals surface area contributed by atoms with Gasteiger partial charge in [-0.3, -0.25) is 4.79 Å². The maximum absolute atomic E-state index is 12.1. The molecule has 1 aliphatic rings. The Balaban J connectivity index is 1.60. The molecule has 1 aliphatic heterocycles. The summed E-state index contributed by atoms with van der Waals surface area (Å²) in [6.07, 6.45) is 3.28. The van der Waals surface area contributed by atoms with Crippen molar-refractivity contribution in [2.45, 2.75) is 12.5 Å². The number of anilines is 3. The maximum atomic E-state index is 12.1. The van der Waals surface area contributed by atoms with E-state index in [1.54, 1.807) is 0 Å². The van der Waals surface area contributed by atoms with Gasteiger partial charge in [0.15, 0.2) is 9.84 Å². The number of benzene rings is 1. The van der Waals surface area contributed by atoms with Crippen molar-refractivity contribution < 1.29 is 13.2 Å². The second-order valence-electron chi connectivity index (χ2n) is 6.43. The van der Waals surface area contributed by atoms with Gasteiger partial charge in [-0.1, -0.05) is 0 Å². The van der Waals surface area contributed by atoms with Gasteiger partial charge in [0.25, 0.3) is 5.91 Å². The number of carbonyl (C=O) groups is 1. The van der Waals surface area contributed by atoms with Crippen molar-refractivity contribution in [3.05, 3.63) is 42.4 Å². The van der Waals surface area contributed by atoms with Gasteiger partial charge in [0.05, 0.1) is 23.9 Å². The van der Waals surface area contributed by atoms with Gasteiger partial charge in [-0.15, -0.1) is 0 Å². The zero-order valence-corrected chi connectivity index (χ0v) is 15.5. The zero-order valence-electron chi connectivity index (χ0n) is 14.6. The van der Waals surface area contributed by atoms with Crippen LogP contribution < -0.4 is 15.5 Å². The van der Waals surface area contributed by atoms with Gasteiger partial charge >= 0.3 is 0 Å². The van der Waals surface area contributed by atoms with E-state index in [9.17, 15) is 13.2 Å². The molecule has 8 nitrogen and oxygen atoms in total. The average Bonchev–Trinajstić information content (AvgIpc) is 2.94. The summed E-state index contributed by atoms with van der Waals surface area (Å²) in [5.41, 5.74) is 2.10. The molecule has 1 atom stereocenters. The van der Waals surface area contributed by atoms with Crippen molar-refractivity contribution in [2.75, 3.05) is 35.8 Å². The monoisotopic (exact) mass is 375 g/mol. The Morgan fingerprint density at radius 2 is 1.88 bits per heavy atom. The molecule has 2 N–H and O–H groups in total. The molecule has 3 rings (SSSR count). The van der Waals surface area contributed by atoms with Crippen LogP contribution in [0.4, 0.5) is 17.2 Å². The summed E-state index contributed by atoms with van der Waals surface area (Å²) in [5.74, 6) is 0.192. The van der Waals surface area contributed by atoms with E-state index < -0.39 is 15.7 Å². The SMILES string of the molecule is CN(C)c1ccc(Nc2cnc(C(=O)NC3CCS(=O)(=O)C3)cn2)cc1. The summed E-state index contributed by atoms with van der Waals surface area (Å²) in [6.45, 7) is 0. The van der Waals surface area contributed by atoms with Crippen molar-refractivity contribution in [3.8, 4) is 0 Å². The Kier molecular flexibility index (Phi) is 5.08. The molecule has 0 saturated carbocycles. The molecule has 1 unspecified atom stereocenters. The predicted molar refractivity (Wildman–Crippen MR) is 101 cm³/mol. The summed E-state index contributed by atoms with van der Waals surface area (Å²) in [5, 5.41) is 5.81. The number of hydrogen-bond donors (Lipinski definition) is 2. The fourth-order valence-corrected chi connectivity index (χ4v) is 4.34. The second-order valence-corrected chi connectivity index (χ2v) is 8.66. The Bertz CT molecular complexity index is 880. The first kappa shape index (κ1) is 18.1. The lowest BCUT2D eigenvalue weighted by Gasteiger charge is -2.13. The predicted octanol–water partition coefficient (Wildman–Crippen LogP) is 1.20. The Morgan fingerprint density at radius 3 is 2.42 bits per heavy atom. The van der Waals surface area contributed by atoms with Crippen LogP contribution in [0.2, 0.25) is 0 Å². The first-order valence-corrected chi connectivity index (χ1v) is 10.0. The van der Waals surface area contributed by atoms with Crippen LogP contribution in [0.15, 0.2) is 36.7 Å². The fraction of sp³-hybridized carbons (Fsp3) is 0.353. The van der Waals surface area contributed by atoms with Crippen molar-refractivity contribution in [2.24, 2.45) is 0 Å². The molecule has 9 heteroatoms. The third-order valence-electron chi connectivity index (χ3n) is 4.11. The first-order chi connectivity index (χ1) is 12.3. The molecule has 1 fully saturated rings. The Labute approximate surface area is 152 Å². The quantitative estimate of drug-likeness (QED) is 0.809. The molecule has 1 aromatic heterocycles. The molecule has 0 aliphatic carbocycles. The van der Waals surface area contributed by atoms with Crippen molar-refractivity contribution in [1.29, 1.82) is 0 Å². The Morgan fingerprint density at radius 1 is 1.15 bits per heavy atom. The third-order valence-corrected chi connectivity index (χ3v) is 5.88. The van der Waals surface area contributed by atoms with Gasteiger partial charge in [-0.25, -0.2) is 18.4 Å². The van der Waals surface area contributed by atoms with E-state index in [1.165, 1.54) is 12.4 Å². The molecular weight excluding hydrogens is 354 g/mol. The number of rotatable bonds is 5. The molecule has 1 saturated heterocycles. The highest BCUT2D eigenvalue weighted by atomic mass is 32.2. The van der Waals surface area contributed by atoms with Gasteiger partial charge in [0, 0.05) is 31.5 Å². The van der Waals surface area contributed by atoms with Crippen LogP contribution in [-0.2, 0) is 9.84 Å². The normalized spacial score (nSPS) is 18.3. The molecule has 26 heavy (non-hydrogen) atoms.